The highest BCUT2D eigenvalue weighted by molar-refractivity contribution is 7.89. The van der Waals surface area contributed by atoms with Crippen molar-refractivity contribution in [2.75, 3.05) is 20.8 Å². The first kappa shape index (κ1) is 16.0. The molecule has 0 amide bonds. The van der Waals surface area contributed by atoms with Crippen molar-refractivity contribution < 1.29 is 17.9 Å². The van der Waals surface area contributed by atoms with Crippen LogP contribution in [0.25, 0.3) is 0 Å². The lowest BCUT2D eigenvalue weighted by atomic mass is 10.2. The minimum atomic E-state index is -3.56. The van der Waals surface area contributed by atoms with E-state index in [1.807, 2.05) is 16.8 Å². The van der Waals surface area contributed by atoms with Crippen LogP contribution in [0.1, 0.15) is 11.7 Å². The van der Waals surface area contributed by atoms with Crippen molar-refractivity contribution in [2.24, 2.45) is 0 Å². The molecule has 2 aromatic rings. The SMILES string of the molecule is COc1ccc(S(=O)(=O)NCC(OC)c2ccsc2)cc1. The van der Waals surface area contributed by atoms with Crippen molar-refractivity contribution in [1.29, 1.82) is 0 Å². The molecule has 0 radical (unpaired) electrons. The zero-order valence-electron chi connectivity index (χ0n) is 11.8. The second-order valence-electron chi connectivity index (χ2n) is 4.31. The number of ether oxygens (including phenoxy) is 2. The summed E-state index contributed by atoms with van der Waals surface area (Å²) in [5.74, 6) is 0.613. The summed E-state index contributed by atoms with van der Waals surface area (Å²) in [4.78, 5) is 0.198. The molecule has 1 atom stereocenters. The van der Waals surface area contributed by atoms with Gasteiger partial charge in [-0.15, -0.1) is 0 Å². The summed E-state index contributed by atoms with van der Waals surface area (Å²) in [6, 6.07) is 8.16. The number of nitrogens with one attached hydrogen (secondary N) is 1. The Morgan fingerprint density at radius 1 is 1.19 bits per heavy atom. The summed E-state index contributed by atoms with van der Waals surface area (Å²) in [6.45, 7) is 0.182. The molecule has 1 heterocycles. The fourth-order valence-electron chi connectivity index (χ4n) is 1.82. The Kier molecular flexibility index (Phi) is 5.35. The second-order valence-corrected chi connectivity index (χ2v) is 6.86. The highest BCUT2D eigenvalue weighted by Gasteiger charge is 2.18. The van der Waals surface area contributed by atoms with Crippen molar-refractivity contribution in [1.82, 2.24) is 4.72 Å². The molecule has 0 saturated carbocycles. The second kappa shape index (κ2) is 7.04. The lowest BCUT2D eigenvalue weighted by Gasteiger charge is -2.15. The molecule has 0 saturated heterocycles. The predicted octanol–water partition coefficient (Wildman–Crippen LogP) is 2.42. The maximum Gasteiger partial charge on any atom is 0.240 e. The Morgan fingerprint density at radius 3 is 2.43 bits per heavy atom. The van der Waals surface area contributed by atoms with E-state index in [0.29, 0.717) is 5.75 Å². The van der Waals surface area contributed by atoms with Gasteiger partial charge < -0.3 is 9.47 Å². The molecule has 0 bridgehead atoms. The maximum atomic E-state index is 12.2. The van der Waals surface area contributed by atoms with Crippen LogP contribution in [-0.4, -0.2) is 29.2 Å². The average molecular weight is 327 g/mol. The summed E-state index contributed by atoms with van der Waals surface area (Å²) in [5, 5.41) is 3.87. The molecule has 1 unspecified atom stereocenters. The number of hydrogen-bond donors (Lipinski definition) is 1. The minimum absolute atomic E-state index is 0.182. The van der Waals surface area contributed by atoms with Gasteiger partial charge in [-0.1, -0.05) is 0 Å². The molecular formula is C14H17NO4S2. The summed E-state index contributed by atoms with van der Waals surface area (Å²) in [5.41, 5.74) is 0.958. The number of benzene rings is 1. The lowest BCUT2D eigenvalue weighted by molar-refractivity contribution is 0.107. The highest BCUT2D eigenvalue weighted by Crippen LogP contribution is 2.20. The third-order valence-corrected chi connectivity index (χ3v) is 5.17. The van der Waals surface area contributed by atoms with Crippen LogP contribution in [-0.2, 0) is 14.8 Å². The van der Waals surface area contributed by atoms with E-state index < -0.39 is 10.0 Å². The topological polar surface area (TPSA) is 64.6 Å². The molecule has 21 heavy (non-hydrogen) atoms. The number of rotatable bonds is 7. The first-order chi connectivity index (χ1) is 10.1. The van der Waals surface area contributed by atoms with Gasteiger partial charge in [-0.25, -0.2) is 13.1 Å². The quantitative estimate of drug-likeness (QED) is 0.848. The summed E-state index contributed by atoms with van der Waals surface area (Å²) in [7, 11) is -0.471. The van der Waals surface area contributed by atoms with Crippen molar-refractivity contribution in [3.8, 4) is 5.75 Å². The third kappa shape index (κ3) is 4.04. The zero-order chi connectivity index (χ0) is 15.3. The van der Waals surface area contributed by atoms with Gasteiger partial charge in [-0.2, -0.15) is 11.3 Å². The zero-order valence-corrected chi connectivity index (χ0v) is 13.4. The van der Waals surface area contributed by atoms with E-state index in [9.17, 15) is 8.42 Å². The number of hydrogen-bond acceptors (Lipinski definition) is 5. The van der Waals surface area contributed by atoms with Gasteiger partial charge in [-0.05, 0) is 46.7 Å². The molecule has 2 rings (SSSR count). The Morgan fingerprint density at radius 2 is 1.90 bits per heavy atom. The molecule has 1 aromatic heterocycles. The Balaban J connectivity index is 2.06. The van der Waals surface area contributed by atoms with Crippen molar-refractivity contribution >= 4 is 21.4 Å². The molecule has 1 N–H and O–H groups in total. The van der Waals surface area contributed by atoms with Crippen LogP contribution in [0.2, 0.25) is 0 Å². The molecule has 0 fully saturated rings. The number of sulfonamides is 1. The Bertz CT molecular complexity index is 651. The molecular weight excluding hydrogens is 310 g/mol. The highest BCUT2D eigenvalue weighted by atomic mass is 32.2. The van der Waals surface area contributed by atoms with Crippen molar-refractivity contribution in [3.63, 3.8) is 0 Å². The van der Waals surface area contributed by atoms with Crippen LogP contribution >= 0.6 is 11.3 Å². The molecule has 5 nitrogen and oxygen atoms in total. The van der Waals surface area contributed by atoms with Gasteiger partial charge in [0, 0.05) is 13.7 Å². The van der Waals surface area contributed by atoms with E-state index >= 15 is 0 Å². The van der Waals surface area contributed by atoms with Crippen molar-refractivity contribution in [2.45, 2.75) is 11.0 Å². The normalized spacial score (nSPS) is 13.0. The van der Waals surface area contributed by atoms with Gasteiger partial charge in [0.25, 0.3) is 0 Å². The molecule has 0 aliphatic carbocycles. The van der Waals surface area contributed by atoms with Gasteiger partial charge >= 0.3 is 0 Å². The van der Waals surface area contributed by atoms with Gasteiger partial charge in [0.15, 0.2) is 0 Å². The van der Waals surface area contributed by atoms with Crippen molar-refractivity contribution in [3.05, 3.63) is 46.7 Å². The average Bonchev–Trinajstić information content (AvgIpc) is 3.02. The van der Waals surface area contributed by atoms with E-state index in [1.54, 1.807) is 30.6 Å². The first-order valence-corrected chi connectivity index (χ1v) is 8.68. The van der Waals surface area contributed by atoms with Gasteiger partial charge in [0.1, 0.15) is 5.75 Å². The van der Waals surface area contributed by atoms with E-state index in [1.165, 1.54) is 19.2 Å². The fourth-order valence-corrected chi connectivity index (χ4v) is 3.55. The molecule has 0 spiro atoms. The Labute approximate surface area is 128 Å². The molecule has 114 valence electrons. The summed E-state index contributed by atoms with van der Waals surface area (Å²) in [6.07, 6.45) is -0.302. The Hall–Kier alpha value is -1.41. The lowest BCUT2D eigenvalue weighted by Crippen LogP contribution is -2.29. The van der Waals surface area contributed by atoms with E-state index in [0.717, 1.165) is 5.56 Å². The van der Waals surface area contributed by atoms with Gasteiger partial charge in [0.2, 0.25) is 10.0 Å². The summed E-state index contributed by atoms with van der Waals surface area (Å²) < 4.78 is 37.3. The van der Waals surface area contributed by atoms with Gasteiger partial charge in [0.05, 0.1) is 18.1 Å². The predicted molar refractivity (Wildman–Crippen MR) is 82.3 cm³/mol. The monoisotopic (exact) mass is 327 g/mol. The van der Waals surface area contributed by atoms with E-state index in [4.69, 9.17) is 9.47 Å². The molecule has 1 aromatic carbocycles. The van der Waals surface area contributed by atoms with E-state index in [-0.39, 0.29) is 17.5 Å². The third-order valence-electron chi connectivity index (χ3n) is 3.03. The largest absolute Gasteiger partial charge is 0.497 e. The molecule has 0 aliphatic heterocycles. The van der Waals surface area contributed by atoms with Crippen LogP contribution in [0, 0.1) is 0 Å². The maximum absolute atomic E-state index is 12.2. The van der Waals surface area contributed by atoms with Gasteiger partial charge in [-0.3, -0.25) is 0 Å². The number of methoxy groups -OCH3 is 2. The minimum Gasteiger partial charge on any atom is -0.497 e. The van der Waals surface area contributed by atoms with E-state index in [2.05, 4.69) is 4.72 Å². The molecule has 7 heteroatoms. The van der Waals surface area contributed by atoms with Crippen LogP contribution in [0.3, 0.4) is 0 Å². The molecule has 0 aliphatic rings. The van der Waals surface area contributed by atoms with Crippen LogP contribution in [0.15, 0.2) is 46.0 Å². The van der Waals surface area contributed by atoms with Crippen LogP contribution in [0.5, 0.6) is 5.75 Å². The standard InChI is InChI=1S/C14H17NO4S2/c1-18-12-3-5-13(6-4-12)21(16,17)15-9-14(19-2)11-7-8-20-10-11/h3-8,10,14-15H,9H2,1-2H3. The van der Waals surface area contributed by atoms with Crippen LogP contribution in [0.4, 0.5) is 0 Å². The fraction of sp³-hybridized carbons (Fsp3) is 0.286. The van der Waals surface area contributed by atoms with Crippen LogP contribution < -0.4 is 9.46 Å². The summed E-state index contributed by atoms with van der Waals surface area (Å²) >= 11 is 1.55. The number of thiophene rings is 1. The first-order valence-electron chi connectivity index (χ1n) is 6.25. The smallest absolute Gasteiger partial charge is 0.240 e.